The number of methoxy groups -OCH3 is 1. The van der Waals surface area contributed by atoms with Crippen molar-refractivity contribution in [2.24, 2.45) is 7.05 Å². The normalized spacial score (nSPS) is 17.1. The zero-order valence-corrected chi connectivity index (χ0v) is 13.2. The van der Waals surface area contributed by atoms with Crippen LogP contribution in [0.2, 0.25) is 5.15 Å². The van der Waals surface area contributed by atoms with Crippen LogP contribution in [-0.4, -0.2) is 27.9 Å². The van der Waals surface area contributed by atoms with Gasteiger partial charge in [0.25, 0.3) is 0 Å². The fourth-order valence-electron chi connectivity index (χ4n) is 2.94. The number of hydrogen-bond acceptors (Lipinski definition) is 4. The number of fused-ring (bicyclic) bond motifs is 1. The van der Waals surface area contributed by atoms with Gasteiger partial charge in [0.05, 0.1) is 12.8 Å². The first-order valence-corrected chi connectivity index (χ1v) is 7.20. The van der Waals surface area contributed by atoms with Crippen molar-refractivity contribution in [3.63, 3.8) is 0 Å². The fourth-order valence-corrected chi connectivity index (χ4v) is 3.25. The molecule has 0 aliphatic carbocycles. The van der Waals surface area contributed by atoms with E-state index >= 15 is 0 Å². The first kappa shape index (κ1) is 14.7. The molecule has 0 saturated carbocycles. The largest absolute Gasteiger partial charge is 0.504 e. The first-order chi connectivity index (χ1) is 10.4. The number of nitrogens with one attached hydrogen (secondary N) is 1. The predicted molar refractivity (Wildman–Crippen MR) is 82.7 cm³/mol. The highest BCUT2D eigenvalue weighted by atomic mass is 35.5. The summed E-state index contributed by atoms with van der Waals surface area (Å²) in [6, 6.07) is 3.23. The van der Waals surface area contributed by atoms with Gasteiger partial charge in [0.15, 0.2) is 11.5 Å². The second-order valence-electron chi connectivity index (χ2n) is 5.33. The van der Waals surface area contributed by atoms with Crippen molar-refractivity contribution < 1.29 is 14.6 Å². The van der Waals surface area contributed by atoms with E-state index in [4.69, 9.17) is 16.3 Å². The monoisotopic (exact) mass is 321 g/mol. The SMILES string of the molecule is COc1cc2c(cc1O)NC(=O)CC2c1c(C)nn(C)c1Cl. The van der Waals surface area contributed by atoms with Crippen LogP contribution in [0.15, 0.2) is 12.1 Å². The second-order valence-corrected chi connectivity index (χ2v) is 5.69. The van der Waals surface area contributed by atoms with Crippen LogP contribution < -0.4 is 10.1 Å². The predicted octanol–water partition coefficient (Wildman–Crippen LogP) is 2.57. The molecule has 0 radical (unpaired) electrons. The molecule has 0 spiro atoms. The first-order valence-electron chi connectivity index (χ1n) is 6.82. The summed E-state index contributed by atoms with van der Waals surface area (Å²) in [5.41, 5.74) is 3.03. The summed E-state index contributed by atoms with van der Waals surface area (Å²) < 4.78 is 6.76. The van der Waals surface area contributed by atoms with Crippen LogP contribution in [0.25, 0.3) is 0 Å². The van der Waals surface area contributed by atoms with Gasteiger partial charge in [-0.25, -0.2) is 0 Å². The number of aryl methyl sites for hydroxylation is 2. The number of aromatic hydroxyl groups is 1. The highest BCUT2D eigenvalue weighted by molar-refractivity contribution is 6.30. The lowest BCUT2D eigenvalue weighted by molar-refractivity contribution is -0.116. The molecule has 0 saturated heterocycles. The van der Waals surface area contributed by atoms with Crippen molar-refractivity contribution in [3.05, 3.63) is 34.1 Å². The van der Waals surface area contributed by atoms with Crippen molar-refractivity contribution in [2.45, 2.75) is 19.3 Å². The average Bonchev–Trinajstić information content (AvgIpc) is 2.70. The lowest BCUT2D eigenvalue weighted by Crippen LogP contribution is -2.24. The number of benzene rings is 1. The van der Waals surface area contributed by atoms with Gasteiger partial charge in [0, 0.05) is 36.7 Å². The van der Waals surface area contributed by atoms with Crippen molar-refractivity contribution in [3.8, 4) is 11.5 Å². The Hall–Kier alpha value is -2.21. The maximum atomic E-state index is 12.0. The van der Waals surface area contributed by atoms with Gasteiger partial charge in [-0.1, -0.05) is 11.6 Å². The summed E-state index contributed by atoms with van der Waals surface area (Å²) >= 11 is 6.35. The third-order valence-corrected chi connectivity index (χ3v) is 4.38. The molecule has 6 nitrogen and oxygen atoms in total. The Bertz CT molecular complexity index is 770. The number of ether oxygens (including phenoxy) is 1. The van der Waals surface area contributed by atoms with Crippen LogP contribution in [-0.2, 0) is 11.8 Å². The van der Waals surface area contributed by atoms with Crippen LogP contribution in [0.1, 0.15) is 29.2 Å². The average molecular weight is 322 g/mol. The van der Waals surface area contributed by atoms with Crippen LogP contribution in [0.4, 0.5) is 5.69 Å². The number of hydrogen-bond donors (Lipinski definition) is 2. The summed E-state index contributed by atoms with van der Waals surface area (Å²) in [4.78, 5) is 12.0. The van der Waals surface area contributed by atoms with Gasteiger partial charge in [-0.2, -0.15) is 5.10 Å². The van der Waals surface area contributed by atoms with Crippen molar-refractivity contribution >= 4 is 23.2 Å². The quantitative estimate of drug-likeness (QED) is 0.891. The molecule has 1 unspecified atom stereocenters. The highest BCUT2D eigenvalue weighted by Crippen LogP contribution is 2.44. The number of carbonyl (C=O) groups is 1. The zero-order chi connectivity index (χ0) is 16.0. The van der Waals surface area contributed by atoms with Gasteiger partial charge in [-0.3, -0.25) is 9.48 Å². The molecule has 1 aromatic carbocycles. The molecule has 1 amide bonds. The van der Waals surface area contributed by atoms with Crippen molar-refractivity contribution in [2.75, 3.05) is 12.4 Å². The van der Waals surface area contributed by atoms with Crippen molar-refractivity contribution in [1.29, 1.82) is 0 Å². The van der Waals surface area contributed by atoms with Crippen molar-refractivity contribution in [1.82, 2.24) is 9.78 Å². The molecule has 116 valence electrons. The van der Waals surface area contributed by atoms with E-state index in [0.717, 1.165) is 16.8 Å². The fraction of sp³-hybridized carbons (Fsp3) is 0.333. The molecule has 0 bridgehead atoms. The van der Waals surface area contributed by atoms with E-state index in [1.54, 1.807) is 17.8 Å². The van der Waals surface area contributed by atoms with Gasteiger partial charge in [-0.15, -0.1) is 0 Å². The molecule has 2 heterocycles. The summed E-state index contributed by atoms with van der Waals surface area (Å²) in [6.07, 6.45) is 0.271. The maximum absolute atomic E-state index is 12.0. The molecule has 1 atom stereocenters. The summed E-state index contributed by atoms with van der Waals surface area (Å²) in [7, 11) is 3.25. The highest BCUT2D eigenvalue weighted by Gasteiger charge is 2.32. The van der Waals surface area contributed by atoms with Gasteiger partial charge in [0.2, 0.25) is 5.91 Å². The molecule has 1 aromatic heterocycles. The minimum Gasteiger partial charge on any atom is -0.504 e. The van der Waals surface area contributed by atoms with E-state index in [2.05, 4.69) is 10.4 Å². The number of carbonyl (C=O) groups excluding carboxylic acids is 1. The summed E-state index contributed by atoms with van der Waals surface area (Å²) in [6.45, 7) is 1.87. The lowest BCUT2D eigenvalue weighted by Gasteiger charge is -2.26. The Morgan fingerprint density at radius 1 is 1.50 bits per heavy atom. The van der Waals surface area contributed by atoms with E-state index in [9.17, 15) is 9.90 Å². The van der Waals surface area contributed by atoms with E-state index in [1.165, 1.54) is 13.2 Å². The minimum atomic E-state index is -0.223. The van der Waals surface area contributed by atoms with Gasteiger partial charge in [0.1, 0.15) is 5.15 Å². The maximum Gasteiger partial charge on any atom is 0.225 e. The summed E-state index contributed by atoms with van der Waals surface area (Å²) in [5.74, 6) is -0.00499. The number of nitrogens with zero attached hydrogens (tertiary/aromatic N) is 2. The van der Waals surface area contributed by atoms with Gasteiger partial charge < -0.3 is 15.2 Å². The molecule has 22 heavy (non-hydrogen) atoms. The Kier molecular flexibility index (Phi) is 3.48. The van der Waals surface area contributed by atoms with E-state index in [1.807, 2.05) is 6.92 Å². The number of phenols is 1. The summed E-state index contributed by atoms with van der Waals surface area (Å²) in [5, 5.41) is 17.5. The van der Waals surface area contributed by atoms with E-state index in [-0.39, 0.29) is 24.0 Å². The van der Waals surface area contributed by atoms with Crippen LogP contribution in [0.5, 0.6) is 11.5 Å². The van der Waals surface area contributed by atoms with Crippen LogP contribution in [0.3, 0.4) is 0 Å². The number of phenolic OH excluding ortho intramolecular Hbond substituents is 1. The third kappa shape index (κ3) is 2.20. The number of aromatic nitrogens is 2. The van der Waals surface area contributed by atoms with Crippen LogP contribution >= 0.6 is 11.6 Å². The topological polar surface area (TPSA) is 76.4 Å². The smallest absolute Gasteiger partial charge is 0.225 e. The molecule has 1 aliphatic heterocycles. The molecule has 3 rings (SSSR count). The van der Waals surface area contributed by atoms with E-state index < -0.39 is 0 Å². The molecule has 2 aromatic rings. The molecule has 2 N–H and O–H groups in total. The Labute approximate surface area is 132 Å². The zero-order valence-electron chi connectivity index (χ0n) is 12.5. The number of halogens is 1. The molecule has 1 aliphatic rings. The molecular weight excluding hydrogens is 306 g/mol. The number of amides is 1. The number of anilines is 1. The number of rotatable bonds is 2. The molecule has 0 fully saturated rings. The van der Waals surface area contributed by atoms with Crippen LogP contribution in [0, 0.1) is 6.92 Å². The van der Waals surface area contributed by atoms with E-state index in [0.29, 0.717) is 16.6 Å². The standard InChI is InChI=1S/C15H16ClN3O3/c1-7-14(15(16)19(2)18-7)9-5-13(21)17-10-6-11(20)12(22-3)4-8(9)10/h4,6,9,20H,5H2,1-3H3,(H,17,21). The van der Waals surface area contributed by atoms with Gasteiger partial charge in [-0.05, 0) is 18.6 Å². The lowest BCUT2D eigenvalue weighted by atomic mass is 9.84. The third-order valence-electron chi connectivity index (χ3n) is 3.93. The Balaban J connectivity index is 2.21. The molecule has 7 heteroatoms. The van der Waals surface area contributed by atoms with Gasteiger partial charge >= 0.3 is 0 Å². The Morgan fingerprint density at radius 2 is 2.23 bits per heavy atom. The Morgan fingerprint density at radius 3 is 2.82 bits per heavy atom. The minimum absolute atomic E-state index is 0.0174. The second kappa shape index (κ2) is 5.21. The molecular formula is C15H16ClN3O3.